The lowest BCUT2D eigenvalue weighted by molar-refractivity contribution is -0.245. The van der Waals surface area contributed by atoms with Crippen LogP contribution in [0, 0.1) is 0 Å². The lowest BCUT2D eigenvalue weighted by atomic mass is 10.0. The first-order chi connectivity index (χ1) is 24.4. The summed E-state index contributed by atoms with van der Waals surface area (Å²) < 4.78 is 19.4. The number of unbranched alkanes of at least 4 members (excludes halogenated alkanes) is 1. The minimum absolute atomic E-state index is 0.0274. The van der Waals surface area contributed by atoms with Gasteiger partial charge in [-0.15, -0.1) is 0 Å². The van der Waals surface area contributed by atoms with Crippen LogP contribution in [0.4, 0.5) is 0 Å². The second-order valence-corrected chi connectivity index (χ2v) is 13.1. The van der Waals surface area contributed by atoms with E-state index in [0.29, 0.717) is 43.2 Å². The topological polar surface area (TPSA) is 131 Å². The molecule has 4 aromatic carbocycles. The van der Waals surface area contributed by atoms with Gasteiger partial charge >= 0.3 is 5.97 Å². The molecule has 0 unspecified atom stereocenters. The van der Waals surface area contributed by atoms with E-state index in [0.717, 1.165) is 44.8 Å². The van der Waals surface area contributed by atoms with Crippen molar-refractivity contribution in [2.24, 2.45) is 0 Å². The van der Waals surface area contributed by atoms with Gasteiger partial charge in [0.15, 0.2) is 12.1 Å². The van der Waals surface area contributed by atoms with Crippen molar-refractivity contribution in [3.05, 3.63) is 131 Å². The summed E-state index contributed by atoms with van der Waals surface area (Å²) in [5, 5.41) is 21.8. The number of ether oxygens (including phenoxy) is 2. The normalized spacial score (nSPS) is 17.3. The molecule has 0 radical (unpaired) electrons. The Morgan fingerprint density at radius 2 is 1.42 bits per heavy atom. The first kappa shape index (κ1) is 35.1. The van der Waals surface area contributed by atoms with Gasteiger partial charge in [0, 0.05) is 48.3 Å². The average molecular weight is 693 g/mol. The fourth-order valence-electron chi connectivity index (χ4n) is 5.77. The summed E-state index contributed by atoms with van der Waals surface area (Å²) >= 11 is 1.51. The number of oxazole rings is 1. The molecule has 10 heteroatoms. The fraction of sp³-hybridized carbons (Fsp3) is 0.275. The van der Waals surface area contributed by atoms with Crippen LogP contribution in [-0.2, 0) is 32.2 Å². The molecule has 1 amide bonds. The number of carbonyl (C=O) groups is 2. The van der Waals surface area contributed by atoms with Crippen molar-refractivity contribution in [1.29, 1.82) is 0 Å². The van der Waals surface area contributed by atoms with Crippen LogP contribution in [0.1, 0.15) is 66.8 Å². The van der Waals surface area contributed by atoms with E-state index in [4.69, 9.17) is 24.0 Å². The summed E-state index contributed by atoms with van der Waals surface area (Å²) in [6.45, 7) is 0.343. The van der Waals surface area contributed by atoms with Crippen molar-refractivity contribution in [3.63, 3.8) is 0 Å². The first-order valence-electron chi connectivity index (χ1n) is 16.8. The number of thioether (sulfide) groups is 1. The highest BCUT2D eigenvalue weighted by Crippen LogP contribution is 2.41. The SMILES string of the molecule is O=C(O)CCCCC(=O)NCc1ccc([C@@H]2O[C@H](CSc3nc(-c4ccccc4)c(-c4ccccc4)o3)C[C@H](c3ccc(CO)cc3)O2)cc1. The zero-order chi connectivity index (χ0) is 34.7. The van der Waals surface area contributed by atoms with Crippen LogP contribution in [0.2, 0.25) is 0 Å². The second-order valence-electron chi connectivity index (χ2n) is 12.2. The molecule has 2 heterocycles. The quantitative estimate of drug-likeness (QED) is 0.0736. The van der Waals surface area contributed by atoms with E-state index in [9.17, 15) is 14.7 Å². The molecule has 1 aliphatic heterocycles. The van der Waals surface area contributed by atoms with Gasteiger partial charge in [0.05, 0.1) is 18.8 Å². The van der Waals surface area contributed by atoms with Crippen LogP contribution in [0.15, 0.2) is 119 Å². The van der Waals surface area contributed by atoms with E-state index in [1.165, 1.54) is 11.8 Å². The number of aliphatic hydroxyl groups is 1. The minimum atomic E-state index is -0.850. The lowest BCUT2D eigenvalue weighted by Crippen LogP contribution is -2.31. The molecule has 1 saturated heterocycles. The summed E-state index contributed by atoms with van der Waals surface area (Å²) in [6, 6.07) is 35.6. The van der Waals surface area contributed by atoms with Crippen LogP contribution in [0.3, 0.4) is 0 Å². The monoisotopic (exact) mass is 692 g/mol. The number of amides is 1. The number of aliphatic hydroxyl groups excluding tert-OH is 1. The molecule has 50 heavy (non-hydrogen) atoms. The molecule has 0 spiro atoms. The number of carboxylic acid groups (broad SMARTS) is 1. The van der Waals surface area contributed by atoms with E-state index in [-0.39, 0.29) is 31.1 Å². The van der Waals surface area contributed by atoms with Gasteiger partial charge in [0.2, 0.25) is 5.91 Å². The Kier molecular flexibility index (Phi) is 12.1. The highest BCUT2D eigenvalue weighted by molar-refractivity contribution is 7.99. The highest BCUT2D eigenvalue weighted by Gasteiger charge is 2.33. The molecule has 1 fully saturated rings. The number of benzene rings is 4. The molecule has 6 rings (SSSR count). The highest BCUT2D eigenvalue weighted by atomic mass is 32.2. The molecule has 5 aromatic rings. The minimum Gasteiger partial charge on any atom is -0.481 e. The van der Waals surface area contributed by atoms with Crippen LogP contribution in [0.5, 0.6) is 0 Å². The number of carboxylic acids is 1. The Morgan fingerprint density at radius 1 is 0.780 bits per heavy atom. The number of aliphatic carboxylic acids is 1. The van der Waals surface area contributed by atoms with E-state index < -0.39 is 12.3 Å². The Hall–Kier alpha value is -4.74. The third-order valence-corrected chi connectivity index (χ3v) is 9.44. The Balaban J connectivity index is 1.15. The van der Waals surface area contributed by atoms with Crippen molar-refractivity contribution in [3.8, 4) is 22.6 Å². The van der Waals surface area contributed by atoms with E-state index in [2.05, 4.69) is 5.32 Å². The number of carbonyl (C=O) groups excluding carboxylic acids is 1. The Morgan fingerprint density at radius 3 is 2.10 bits per heavy atom. The summed E-state index contributed by atoms with van der Waals surface area (Å²) in [5.74, 6) is 0.356. The lowest BCUT2D eigenvalue weighted by Gasteiger charge is -2.36. The molecule has 9 nitrogen and oxygen atoms in total. The summed E-state index contributed by atoms with van der Waals surface area (Å²) in [5.41, 5.74) is 6.35. The van der Waals surface area contributed by atoms with E-state index in [1.807, 2.05) is 109 Å². The molecule has 3 N–H and O–H groups in total. The summed E-state index contributed by atoms with van der Waals surface area (Å²) in [6.07, 6.45) is 0.949. The van der Waals surface area contributed by atoms with Crippen molar-refractivity contribution < 1.29 is 33.7 Å². The maximum absolute atomic E-state index is 12.2. The van der Waals surface area contributed by atoms with Crippen molar-refractivity contribution in [2.45, 2.75) is 69.0 Å². The zero-order valence-corrected chi connectivity index (χ0v) is 28.4. The van der Waals surface area contributed by atoms with Crippen LogP contribution >= 0.6 is 11.8 Å². The van der Waals surface area contributed by atoms with Gasteiger partial charge in [-0.3, -0.25) is 9.59 Å². The molecule has 0 aliphatic carbocycles. The maximum atomic E-state index is 12.2. The van der Waals surface area contributed by atoms with Gasteiger partial charge in [-0.05, 0) is 29.5 Å². The molecular weight excluding hydrogens is 653 g/mol. The number of hydrogen-bond donors (Lipinski definition) is 3. The van der Waals surface area contributed by atoms with Crippen LogP contribution < -0.4 is 5.32 Å². The largest absolute Gasteiger partial charge is 0.481 e. The van der Waals surface area contributed by atoms with Gasteiger partial charge in [-0.25, -0.2) is 4.98 Å². The van der Waals surface area contributed by atoms with Gasteiger partial charge in [0.25, 0.3) is 5.22 Å². The third kappa shape index (κ3) is 9.48. The molecule has 1 aromatic heterocycles. The van der Waals surface area contributed by atoms with Gasteiger partial charge in [-0.2, -0.15) is 0 Å². The standard InChI is InChI=1S/C40H40N2O7S/c43-25-28-17-19-29(20-18-28)34-23-33(26-50-40-42-37(30-9-3-1-4-10-30)38(49-40)31-11-5-2-6-12-31)47-39(48-34)32-21-15-27(16-22-32)24-41-35(44)13-7-8-14-36(45)46/h1-6,9-12,15-22,33-34,39,43H,7-8,13-14,23-26H2,(H,41,44)(H,45,46)/t33-,34+,39+/m0/s1. The van der Waals surface area contributed by atoms with Crippen molar-refractivity contribution in [1.82, 2.24) is 10.3 Å². The zero-order valence-electron chi connectivity index (χ0n) is 27.6. The number of nitrogens with zero attached hydrogens (tertiary/aromatic N) is 1. The average Bonchev–Trinajstić information content (AvgIpc) is 3.60. The maximum Gasteiger partial charge on any atom is 0.303 e. The smallest absolute Gasteiger partial charge is 0.303 e. The van der Waals surface area contributed by atoms with Crippen molar-refractivity contribution >= 4 is 23.6 Å². The molecular formula is C40H40N2O7S. The summed E-state index contributed by atoms with van der Waals surface area (Å²) in [4.78, 5) is 27.8. The molecule has 0 saturated carbocycles. The second kappa shape index (κ2) is 17.3. The van der Waals surface area contributed by atoms with Gasteiger partial charge in [-0.1, -0.05) is 121 Å². The van der Waals surface area contributed by atoms with E-state index >= 15 is 0 Å². The number of nitrogens with one attached hydrogen (secondary N) is 1. The molecule has 0 bridgehead atoms. The number of hydrogen-bond acceptors (Lipinski definition) is 8. The Bertz CT molecular complexity index is 1770. The predicted molar refractivity (Wildman–Crippen MR) is 191 cm³/mol. The fourth-order valence-corrected chi connectivity index (χ4v) is 6.61. The van der Waals surface area contributed by atoms with Crippen LogP contribution in [-0.4, -0.2) is 38.9 Å². The van der Waals surface area contributed by atoms with E-state index in [1.54, 1.807) is 0 Å². The van der Waals surface area contributed by atoms with Gasteiger partial charge in [0.1, 0.15) is 5.69 Å². The molecule has 258 valence electrons. The summed E-state index contributed by atoms with van der Waals surface area (Å²) in [7, 11) is 0. The molecule has 1 aliphatic rings. The van der Waals surface area contributed by atoms with Crippen LogP contribution in [0.25, 0.3) is 22.6 Å². The molecule has 3 atom stereocenters. The van der Waals surface area contributed by atoms with Gasteiger partial charge < -0.3 is 29.4 Å². The van der Waals surface area contributed by atoms with Crippen molar-refractivity contribution in [2.75, 3.05) is 5.75 Å². The first-order valence-corrected chi connectivity index (χ1v) is 17.8. The third-order valence-electron chi connectivity index (χ3n) is 8.48. The Labute approximate surface area is 295 Å². The predicted octanol–water partition coefficient (Wildman–Crippen LogP) is 8.10. The number of rotatable bonds is 15. The number of aromatic nitrogens is 1.